The summed E-state index contributed by atoms with van der Waals surface area (Å²) < 4.78 is 11.4. The van der Waals surface area contributed by atoms with E-state index in [-0.39, 0.29) is 6.10 Å². The van der Waals surface area contributed by atoms with Crippen molar-refractivity contribution in [3.63, 3.8) is 0 Å². The van der Waals surface area contributed by atoms with Crippen LogP contribution < -0.4 is 4.74 Å². The molecule has 18 heavy (non-hydrogen) atoms. The van der Waals surface area contributed by atoms with Crippen molar-refractivity contribution in [2.75, 3.05) is 6.61 Å². The first kappa shape index (κ1) is 12.7. The van der Waals surface area contributed by atoms with Gasteiger partial charge in [0, 0.05) is 0 Å². The number of para-hydroxylation sites is 1. The quantitative estimate of drug-likeness (QED) is 0.769. The Labute approximate surface area is 108 Å². The Kier molecular flexibility index (Phi) is 4.79. The van der Waals surface area contributed by atoms with Crippen LogP contribution in [0.4, 0.5) is 0 Å². The minimum Gasteiger partial charge on any atom is -0.488 e. The molecule has 0 saturated carbocycles. The van der Waals surface area contributed by atoms with E-state index in [2.05, 4.69) is 12.1 Å². The third-order valence-electron chi connectivity index (χ3n) is 2.54. The van der Waals surface area contributed by atoms with Crippen molar-refractivity contribution >= 4 is 0 Å². The maximum Gasteiger partial charge on any atom is 0.119 e. The smallest absolute Gasteiger partial charge is 0.119 e. The summed E-state index contributed by atoms with van der Waals surface area (Å²) in [6.45, 7) is 3.23. The Morgan fingerprint density at radius 3 is 2.17 bits per heavy atom. The molecule has 0 radical (unpaired) electrons. The fourth-order valence-corrected chi connectivity index (χ4v) is 1.68. The molecule has 2 rings (SSSR count). The second-order valence-corrected chi connectivity index (χ2v) is 4.24. The lowest BCUT2D eigenvalue weighted by molar-refractivity contribution is 0.0493. The van der Waals surface area contributed by atoms with Crippen LogP contribution in [0.25, 0.3) is 0 Å². The molecule has 0 amide bonds. The van der Waals surface area contributed by atoms with Crippen LogP contribution in [-0.4, -0.2) is 12.7 Å². The zero-order valence-corrected chi connectivity index (χ0v) is 10.6. The lowest BCUT2D eigenvalue weighted by Crippen LogP contribution is -2.18. The Bertz CT molecular complexity index is 439. The summed E-state index contributed by atoms with van der Waals surface area (Å²) in [6, 6.07) is 20.0. The Morgan fingerprint density at radius 1 is 0.889 bits per heavy atom. The van der Waals surface area contributed by atoms with Crippen molar-refractivity contribution in [3.8, 4) is 5.75 Å². The van der Waals surface area contributed by atoms with E-state index in [0.29, 0.717) is 13.2 Å². The molecule has 0 saturated heterocycles. The first-order valence-corrected chi connectivity index (χ1v) is 6.18. The molecule has 0 spiro atoms. The van der Waals surface area contributed by atoms with Crippen molar-refractivity contribution in [1.29, 1.82) is 0 Å². The van der Waals surface area contributed by atoms with Gasteiger partial charge >= 0.3 is 0 Å². The summed E-state index contributed by atoms with van der Waals surface area (Å²) >= 11 is 0. The van der Waals surface area contributed by atoms with Gasteiger partial charge in [-0.3, -0.25) is 0 Å². The van der Waals surface area contributed by atoms with Gasteiger partial charge in [0.25, 0.3) is 0 Å². The molecule has 0 heterocycles. The molecule has 0 aliphatic carbocycles. The molecular formula is C16H18O2. The molecule has 0 bridgehead atoms. The first-order chi connectivity index (χ1) is 8.84. The predicted octanol–water partition coefficient (Wildman–Crippen LogP) is 3.67. The SMILES string of the molecule is C[C@@H](COCc1ccccc1)Oc1ccccc1. The molecule has 0 fully saturated rings. The highest BCUT2D eigenvalue weighted by molar-refractivity contribution is 5.21. The highest BCUT2D eigenvalue weighted by atomic mass is 16.5. The van der Waals surface area contributed by atoms with E-state index in [0.717, 1.165) is 5.75 Å². The highest BCUT2D eigenvalue weighted by Gasteiger charge is 2.03. The van der Waals surface area contributed by atoms with E-state index in [1.54, 1.807) is 0 Å². The molecule has 2 heteroatoms. The molecule has 0 N–H and O–H groups in total. The maximum absolute atomic E-state index is 5.73. The van der Waals surface area contributed by atoms with E-state index in [1.807, 2.05) is 55.5 Å². The van der Waals surface area contributed by atoms with Gasteiger partial charge in [0.1, 0.15) is 11.9 Å². The number of rotatable bonds is 6. The van der Waals surface area contributed by atoms with Crippen molar-refractivity contribution in [3.05, 3.63) is 66.2 Å². The molecule has 0 aromatic heterocycles. The number of ether oxygens (including phenoxy) is 2. The fourth-order valence-electron chi connectivity index (χ4n) is 1.68. The standard InChI is InChI=1S/C16H18O2/c1-14(18-16-10-6-3-7-11-16)12-17-13-15-8-4-2-5-9-15/h2-11,14H,12-13H2,1H3/t14-/m0/s1. The topological polar surface area (TPSA) is 18.5 Å². The van der Waals surface area contributed by atoms with E-state index >= 15 is 0 Å². The zero-order valence-electron chi connectivity index (χ0n) is 10.6. The van der Waals surface area contributed by atoms with Crippen LogP contribution >= 0.6 is 0 Å². The molecule has 2 aromatic rings. The van der Waals surface area contributed by atoms with Crippen molar-refractivity contribution < 1.29 is 9.47 Å². The normalized spacial score (nSPS) is 12.1. The van der Waals surface area contributed by atoms with E-state index in [9.17, 15) is 0 Å². The van der Waals surface area contributed by atoms with Gasteiger partial charge in [-0.15, -0.1) is 0 Å². The van der Waals surface area contributed by atoms with Gasteiger partial charge in [-0.05, 0) is 24.6 Å². The number of hydrogen-bond acceptors (Lipinski definition) is 2. The summed E-state index contributed by atoms with van der Waals surface area (Å²) in [5.41, 5.74) is 1.18. The Hall–Kier alpha value is -1.80. The van der Waals surface area contributed by atoms with Gasteiger partial charge in [0.15, 0.2) is 0 Å². The Balaban J connectivity index is 1.71. The average Bonchev–Trinajstić information content (AvgIpc) is 2.41. The first-order valence-electron chi connectivity index (χ1n) is 6.18. The fraction of sp³-hybridized carbons (Fsp3) is 0.250. The molecule has 0 unspecified atom stereocenters. The summed E-state index contributed by atoms with van der Waals surface area (Å²) in [5.74, 6) is 0.883. The van der Waals surface area contributed by atoms with Gasteiger partial charge in [-0.1, -0.05) is 48.5 Å². The van der Waals surface area contributed by atoms with Crippen LogP contribution in [-0.2, 0) is 11.3 Å². The van der Waals surface area contributed by atoms with Gasteiger partial charge in [0.2, 0.25) is 0 Å². The van der Waals surface area contributed by atoms with Crippen molar-refractivity contribution in [2.24, 2.45) is 0 Å². The summed E-state index contributed by atoms with van der Waals surface area (Å²) in [5, 5.41) is 0. The average molecular weight is 242 g/mol. The van der Waals surface area contributed by atoms with Gasteiger partial charge in [-0.2, -0.15) is 0 Å². The lowest BCUT2D eigenvalue weighted by Gasteiger charge is -2.14. The van der Waals surface area contributed by atoms with Crippen LogP contribution in [0.3, 0.4) is 0 Å². The van der Waals surface area contributed by atoms with E-state index in [1.165, 1.54) is 5.56 Å². The summed E-state index contributed by atoms with van der Waals surface area (Å²) in [4.78, 5) is 0. The van der Waals surface area contributed by atoms with Crippen molar-refractivity contribution in [2.45, 2.75) is 19.6 Å². The highest BCUT2D eigenvalue weighted by Crippen LogP contribution is 2.11. The van der Waals surface area contributed by atoms with Gasteiger partial charge in [0.05, 0.1) is 13.2 Å². The van der Waals surface area contributed by atoms with Crippen LogP contribution in [0.1, 0.15) is 12.5 Å². The molecule has 0 aliphatic rings. The largest absolute Gasteiger partial charge is 0.488 e. The number of benzene rings is 2. The van der Waals surface area contributed by atoms with Crippen LogP contribution in [0.5, 0.6) is 5.75 Å². The van der Waals surface area contributed by atoms with Gasteiger partial charge < -0.3 is 9.47 Å². The predicted molar refractivity (Wildman–Crippen MR) is 72.6 cm³/mol. The molecule has 0 aliphatic heterocycles. The monoisotopic (exact) mass is 242 g/mol. The summed E-state index contributed by atoms with van der Waals surface area (Å²) in [7, 11) is 0. The van der Waals surface area contributed by atoms with Gasteiger partial charge in [-0.25, -0.2) is 0 Å². The molecule has 94 valence electrons. The second-order valence-electron chi connectivity index (χ2n) is 4.24. The third kappa shape index (κ3) is 4.22. The second kappa shape index (κ2) is 6.82. The van der Waals surface area contributed by atoms with E-state index in [4.69, 9.17) is 9.47 Å². The number of hydrogen-bond donors (Lipinski definition) is 0. The van der Waals surface area contributed by atoms with Crippen LogP contribution in [0.2, 0.25) is 0 Å². The zero-order chi connectivity index (χ0) is 12.6. The Morgan fingerprint density at radius 2 is 1.50 bits per heavy atom. The third-order valence-corrected chi connectivity index (χ3v) is 2.54. The molecule has 1 atom stereocenters. The van der Waals surface area contributed by atoms with Crippen LogP contribution in [0.15, 0.2) is 60.7 Å². The lowest BCUT2D eigenvalue weighted by atomic mass is 10.2. The molecule has 2 aromatic carbocycles. The molecular weight excluding hydrogens is 224 g/mol. The minimum atomic E-state index is 0.0520. The maximum atomic E-state index is 5.73. The minimum absolute atomic E-state index is 0.0520. The van der Waals surface area contributed by atoms with Crippen molar-refractivity contribution in [1.82, 2.24) is 0 Å². The van der Waals surface area contributed by atoms with Crippen LogP contribution in [0, 0.1) is 0 Å². The van der Waals surface area contributed by atoms with E-state index < -0.39 is 0 Å². The molecule has 2 nitrogen and oxygen atoms in total. The summed E-state index contributed by atoms with van der Waals surface area (Å²) in [6.07, 6.45) is 0.0520.